The molecule has 62 heavy (non-hydrogen) atoms. The third-order valence-electron chi connectivity index (χ3n) is 13.1. The van der Waals surface area contributed by atoms with Crippen LogP contribution in [0.25, 0.3) is 73.4 Å². The molecule has 0 bridgehead atoms. The summed E-state index contributed by atoms with van der Waals surface area (Å²) in [6.07, 6.45) is 0. The van der Waals surface area contributed by atoms with Crippen LogP contribution in [-0.4, -0.2) is 0 Å². The van der Waals surface area contributed by atoms with E-state index >= 15 is 0 Å². The number of hydrogen-bond donors (Lipinski definition) is 0. The Labute approximate surface area is 368 Å². The molecule has 0 amide bonds. The average Bonchev–Trinajstić information content (AvgIpc) is 4.01. The number of anilines is 3. The molecule has 0 fully saturated rings. The topological polar surface area (TPSA) is 3.24 Å². The number of thiophene rings is 2. The van der Waals surface area contributed by atoms with Gasteiger partial charge < -0.3 is 4.90 Å². The maximum Gasteiger partial charge on any atom is 0.0714 e. The van der Waals surface area contributed by atoms with Crippen LogP contribution in [0.1, 0.15) is 22.3 Å². The highest BCUT2D eigenvalue weighted by atomic mass is 32.1. The van der Waals surface area contributed by atoms with Gasteiger partial charge in [0.1, 0.15) is 0 Å². The molecular formula is C59H37NS2. The SMILES string of the molecule is c1ccc(N(c2ccc(-c3cccc4sc5ccc6ccc7sc8ccccc8c7c6c5c34)cc2)c2ccc3c(c2)C(c2ccccc2)(c2ccccc2)c2ccccc2-3)cc1. The zero-order valence-corrected chi connectivity index (χ0v) is 35.3. The van der Waals surface area contributed by atoms with Crippen LogP contribution < -0.4 is 4.90 Å². The van der Waals surface area contributed by atoms with E-state index in [9.17, 15) is 0 Å². The summed E-state index contributed by atoms with van der Waals surface area (Å²) < 4.78 is 5.32. The van der Waals surface area contributed by atoms with E-state index < -0.39 is 5.41 Å². The van der Waals surface area contributed by atoms with Gasteiger partial charge in [0.2, 0.25) is 0 Å². The molecular weight excluding hydrogens is 787 g/mol. The van der Waals surface area contributed by atoms with Crippen LogP contribution >= 0.6 is 22.7 Å². The lowest BCUT2D eigenvalue weighted by Gasteiger charge is -2.35. The van der Waals surface area contributed by atoms with Gasteiger partial charge in [0, 0.05) is 62.8 Å². The Morgan fingerprint density at radius 2 is 0.871 bits per heavy atom. The first kappa shape index (κ1) is 35.5. The van der Waals surface area contributed by atoms with Crippen molar-refractivity contribution in [2.24, 2.45) is 0 Å². The number of nitrogens with zero attached hydrogens (tertiary/aromatic N) is 1. The zero-order chi connectivity index (χ0) is 40.8. The highest BCUT2D eigenvalue weighted by molar-refractivity contribution is 7.27. The molecule has 12 aromatic rings. The van der Waals surface area contributed by atoms with Crippen LogP contribution in [0.4, 0.5) is 17.1 Å². The van der Waals surface area contributed by atoms with Crippen molar-refractivity contribution in [3.05, 3.63) is 247 Å². The molecule has 1 nitrogen and oxygen atoms in total. The fourth-order valence-electron chi connectivity index (χ4n) is 10.6. The molecule has 1 aliphatic carbocycles. The van der Waals surface area contributed by atoms with E-state index in [4.69, 9.17) is 0 Å². The molecule has 2 heterocycles. The van der Waals surface area contributed by atoms with Gasteiger partial charge in [-0.1, -0.05) is 164 Å². The quantitative estimate of drug-likeness (QED) is 0.161. The molecule has 3 heteroatoms. The normalized spacial score (nSPS) is 13.0. The molecule has 0 saturated heterocycles. The summed E-state index contributed by atoms with van der Waals surface area (Å²) in [5.74, 6) is 0. The van der Waals surface area contributed by atoms with E-state index in [0.717, 1.165) is 17.1 Å². The van der Waals surface area contributed by atoms with Crippen molar-refractivity contribution in [1.82, 2.24) is 0 Å². The Balaban J connectivity index is 0.999. The van der Waals surface area contributed by atoms with Gasteiger partial charge in [0.05, 0.1) is 5.41 Å². The van der Waals surface area contributed by atoms with Gasteiger partial charge in [-0.3, -0.25) is 0 Å². The highest BCUT2D eigenvalue weighted by Gasteiger charge is 2.46. The van der Waals surface area contributed by atoms with Crippen LogP contribution in [0.2, 0.25) is 0 Å². The van der Waals surface area contributed by atoms with Gasteiger partial charge in [0.25, 0.3) is 0 Å². The molecule has 0 saturated carbocycles. The van der Waals surface area contributed by atoms with E-state index in [1.165, 1.54) is 95.6 Å². The van der Waals surface area contributed by atoms with Gasteiger partial charge in [-0.2, -0.15) is 0 Å². The summed E-state index contributed by atoms with van der Waals surface area (Å²) in [5.41, 5.74) is 13.0. The van der Waals surface area contributed by atoms with Crippen LogP contribution in [0.15, 0.2) is 224 Å². The first-order chi connectivity index (χ1) is 30.8. The average molecular weight is 824 g/mol. The van der Waals surface area contributed by atoms with Crippen molar-refractivity contribution >= 4 is 90.9 Å². The Kier molecular flexibility index (Phi) is 7.93. The molecule has 10 aromatic carbocycles. The van der Waals surface area contributed by atoms with Crippen molar-refractivity contribution in [3.63, 3.8) is 0 Å². The summed E-state index contributed by atoms with van der Waals surface area (Å²) in [6, 6.07) is 83.3. The van der Waals surface area contributed by atoms with E-state index in [1.807, 2.05) is 22.7 Å². The van der Waals surface area contributed by atoms with Crippen molar-refractivity contribution in [2.45, 2.75) is 5.41 Å². The van der Waals surface area contributed by atoms with Gasteiger partial charge >= 0.3 is 0 Å². The number of benzene rings is 10. The summed E-state index contributed by atoms with van der Waals surface area (Å²) in [7, 11) is 0. The van der Waals surface area contributed by atoms with Crippen LogP contribution in [-0.2, 0) is 5.41 Å². The molecule has 2 aromatic heterocycles. The second kappa shape index (κ2) is 13.9. The lowest BCUT2D eigenvalue weighted by Crippen LogP contribution is -2.28. The molecule has 1 aliphatic rings. The molecule has 290 valence electrons. The van der Waals surface area contributed by atoms with Gasteiger partial charge in [0.15, 0.2) is 0 Å². The van der Waals surface area contributed by atoms with Crippen LogP contribution in [0.3, 0.4) is 0 Å². The minimum absolute atomic E-state index is 0.482. The molecule has 0 atom stereocenters. The fraction of sp³-hybridized carbons (Fsp3) is 0.0169. The van der Waals surface area contributed by atoms with Crippen molar-refractivity contribution in [2.75, 3.05) is 4.90 Å². The molecule has 13 rings (SSSR count). The number of rotatable bonds is 6. The van der Waals surface area contributed by atoms with Crippen LogP contribution in [0, 0.1) is 0 Å². The fourth-order valence-corrected chi connectivity index (χ4v) is 12.8. The lowest BCUT2D eigenvalue weighted by atomic mass is 9.67. The second-order valence-electron chi connectivity index (χ2n) is 16.3. The zero-order valence-electron chi connectivity index (χ0n) is 33.6. The summed E-state index contributed by atoms with van der Waals surface area (Å²) in [6.45, 7) is 0. The van der Waals surface area contributed by atoms with Crippen molar-refractivity contribution in [1.29, 1.82) is 0 Å². The van der Waals surface area contributed by atoms with Gasteiger partial charge in [-0.25, -0.2) is 0 Å². The highest BCUT2D eigenvalue weighted by Crippen LogP contribution is 2.57. The third kappa shape index (κ3) is 5.13. The molecule has 0 spiro atoms. The monoisotopic (exact) mass is 823 g/mol. The summed E-state index contributed by atoms with van der Waals surface area (Å²) in [5, 5.41) is 8.07. The van der Waals surface area contributed by atoms with Crippen molar-refractivity contribution < 1.29 is 0 Å². The van der Waals surface area contributed by atoms with Crippen molar-refractivity contribution in [3.8, 4) is 22.3 Å². The van der Waals surface area contributed by atoms with E-state index in [-0.39, 0.29) is 0 Å². The predicted octanol–water partition coefficient (Wildman–Crippen LogP) is 17.1. The largest absolute Gasteiger partial charge is 0.310 e. The minimum atomic E-state index is -0.482. The Morgan fingerprint density at radius 1 is 0.323 bits per heavy atom. The number of para-hydroxylation sites is 1. The van der Waals surface area contributed by atoms with E-state index in [0.29, 0.717) is 0 Å². The Hall–Kier alpha value is -7.30. The van der Waals surface area contributed by atoms with E-state index in [1.54, 1.807) is 0 Å². The van der Waals surface area contributed by atoms with Gasteiger partial charge in [-0.05, 0) is 111 Å². The Morgan fingerprint density at radius 3 is 1.63 bits per heavy atom. The maximum absolute atomic E-state index is 2.45. The number of hydrogen-bond acceptors (Lipinski definition) is 3. The first-order valence-electron chi connectivity index (χ1n) is 21.2. The molecule has 0 aliphatic heterocycles. The first-order valence-corrected chi connectivity index (χ1v) is 22.9. The summed E-state index contributed by atoms with van der Waals surface area (Å²) >= 11 is 3.79. The summed E-state index contributed by atoms with van der Waals surface area (Å²) in [4.78, 5) is 2.42. The van der Waals surface area contributed by atoms with Gasteiger partial charge in [-0.15, -0.1) is 22.7 Å². The molecule has 0 radical (unpaired) electrons. The van der Waals surface area contributed by atoms with E-state index in [2.05, 4.69) is 229 Å². The predicted molar refractivity (Wildman–Crippen MR) is 267 cm³/mol. The number of fused-ring (bicyclic) bond motifs is 12. The third-order valence-corrected chi connectivity index (χ3v) is 15.4. The smallest absolute Gasteiger partial charge is 0.0714 e. The molecule has 0 unspecified atom stereocenters. The maximum atomic E-state index is 2.45. The van der Waals surface area contributed by atoms with Crippen LogP contribution in [0.5, 0.6) is 0 Å². The minimum Gasteiger partial charge on any atom is -0.310 e. The molecule has 0 N–H and O–H groups in total. The lowest BCUT2D eigenvalue weighted by molar-refractivity contribution is 0.768. The second-order valence-corrected chi connectivity index (χ2v) is 18.5. The Bertz CT molecular complexity index is 3630. The standard InChI is InChI=1S/C59H37NS2/c1-4-15-40(16-5-1)59(41-17-6-2-7-18-41)49-24-12-10-21-46(49)47-34-33-44(37-50(47)59)60(42-19-8-3-9-20-42)43-31-27-38(28-32-43)45-23-14-26-52-56(45)58-54(62-52)36-30-39-29-35-53-57(55(39)58)48-22-11-13-25-51(48)61-53/h1-37H.